The molecule has 1 nitrogen and oxygen atoms in total. The van der Waals surface area contributed by atoms with Gasteiger partial charge in [0.1, 0.15) is 0 Å². The van der Waals surface area contributed by atoms with Crippen molar-refractivity contribution in [1.29, 1.82) is 0 Å². The minimum atomic E-state index is -4.59. The quantitative estimate of drug-likeness (QED) is 0.649. The fourth-order valence-corrected chi connectivity index (χ4v) is 1.37. The number of phenols is 1. The van der Waals surface area contributed by atoms with E-state index >= 15 is 0 Å². The lowest BCUT2D eigenvalue weighted by Crippen LogP contribution is -2.11. The number of rotatable bonds is 0. The zero-order valence-electron chi connectivity index (χ0n) is 7.54. The van der Waals surface area contributed by atoms with E-state index in [1.165, 1.54) is 6.92 Å². The van der Waals surface area contributed by atoms with E-state index < -0.39 is 28.9 Å². The number of aromatic hydroxyl groups is 1. The molecule has 0 saturated heterocycles. The smallest absolute Gasteiger partial charge is 0.417 e. The van der Waals surface area contributed by atoms with Gasteiger partial charge in [-0.1, -0.05) is 0 Å². The van der Waals surface area contributed by atoms with Gasteiger partial charge in [0.2, 0.25) is 0 Å². The second-order valence-corrected chi connectivity index (χ2v) is 3.02. The molecule has 0 atom stereocenters. The van der Waals surface area contributed by atoms with E-state index in [0.29, 0.717) is 0 Å². The topological polar surface area (TPSA) is 20.2 Å². The molecular weight excluding hydrogens is 200 g/mol. The molecule has 78 valence electrons. The molecule has 0 aromatic heterocycles. The van der Waals surface area contributed by atoms with Crippen LogP contribution in [0.5, 0.6) is 5.75 Å². The maximum atomic E-state index is 13.0. The van der Waals surface area contributed by atoms with Crippen molar-refractivity contribution in [2.75, 3.05) is 0 Å². The number of aryl methyl sites for hydroxylation is 1. The summed E-state index contributed by atoms with van der Waals surface area (Å²) in [4.78, 5) is 0. The number of hydrogen-bond acceptors (Lipinski definition) is 1. The molecule has 0 radical (unpaired) electrons. The average Bonchev–Trinajstić information content (AvgIpc) is 1.97. The second kappa shape index (κ2) is 3.15. The molecule has 0 spiro atoms. The van der Waals surface area contributed by atoms with Crippen LogP contribution < -0.4 is 0 Å². The minimum absolute atomic E-state index is 0.186. The van der Waals surface area contributed by atoms with Crippen molar-refractivity contribution >= 4 is 0 Å². The zero-order chi connectivity index (χ0) is 11.1. The number of halogens is 4. The molecule has 1 aromatic rings. The maximum absolute atomic E-state index is 13.0. The van der Waals surface area contributed by atoms with Gasteiger partial charge in [-0.2, -0.15) is 13.2 Å². The molecule has 0 aliphatic rings. The Labute approximate surface area is 78.0 Å². The van der Waals surface area contributed by atoms with E-state index in [2.05, 4.69) is 0 Å². The summed E-state index contributed by atoms with van der Waals surface area (Å²) < 4.78 is 50.1. The number of phenolic OH excluding ortho intramolecular Hbond substituents is 1. The summed E-state index contributed by atoms with van der Waals surface area (Å²) in [6.45, 7) is 2.17. The zero-order valence-corrected chi connectivity index (χ0v) is 7.54. The third-order valence-corrected chi connectivity index (χ3v) is 1.96. The monoisotopic (exact) mass is 208 g/mol. The lowest BCUT2D eigenvalue weighted by molar-refractivity contribution is -0.138. The first-order valence-electron chi connectivity index (χ1n) is 3.81. The highest BCUT2D eigenvalue weighted by molar-refractivity contribution is 5.43. The third-order valence-electron chi connectivity index (χ3n) is 1.96. The molecule has 0 bridgehead atoms. The molecule has 0 aliphatic carbocycles. The first-order chi connectivity index (χ1) is 6.25. The van der Waals surface area contributed by atoms with Crippen LogP contribution in [0.1, 0.15) is 16.7 Å². The van der Waals surface area contributed by atoms with Crippen molar-refractivity contribution < 1.29 is 22.7 Å². The van der Waals surface area contributed by atoms with Crippen LogP contribution in [-0.4, -0.2) is 5.11 Å². The molecule has 0 saturated carbocycles. The molecule has 0 amide bonds. The van der Waals surface area contributed by atoms with E-state index in [9.17, 15) is 17.6 Å². The highest BCUT2D eigenvalue weighted by Crippen LogP contribution is 2.37. The van der Waals surface area contributed by atoms with Crippen molar-refractivity contribution in [2.45, 2.75) is 20.0 Å². The lowest BCUT2D eigenvalue weighted by Gasteiger charge is -2.14. The van der Waals surface area contributed by atoms with Gasteiger partial charge in [-0.15, -0.1) is 0 Å². The molecule has 1 aromatic carbocycles. The van der Waals surface area contributed by atoms with Crippen molar-refractivity contribution in [3.63, 3.8) is 0 Å². The van der Waals surface area contributed by atoms with Crippen molar-refractivity contribution in [1.82, 2.24) is 0 Å². The Morgan fingerprint density at radius 3 is 2.14 bits per heavy atom. The van der Waals surface area contributed by atoms with Crippen LogP contribution in [0.25, 0.3) is 0 Å². The predicted molar refractivity (Wildman–Crippen MR) is 42.5 cm³/mol. The Morgan fingerprint density at radius 1 is 1.21 bits per heavy atom. The Kier molecular flexibility index (Phi) is 2.43. The van der Waals surface area contributed by atoms with Gasteiger partial charge in [-0.05, 0) is 25.5 Å². The molecule has 1 rings (SSSR count). The fraction of sp³-hybridized carbons (Fsp3) is 0.333. The third kappa shape index (κ3) is 1.66. The van der Waals surface area contributed by atoms with Crippen LogP contribution in [0.3, 0.4) is 0 Å². The van der Waals surface area contributed by atoms with E-state index in [-0.39, 0.29) is 5.56 Å². The molecular formula is C9H8F4O. The average molecular weight is 208 g/mol. The van der Waals surface area contributed by atoms with E-state index in [4.69, 9.17) is 5.11 Å². The van der Waals surface area contributed by atoms with E-state index in [0.717, 1.165) is 13.0 Å². The van der Waals surface area contributed by atoms with E-state index in [1.807, 2.05) is 0 Å². The van der Waals surface area contributed by atoms with Crippen molar-refractivity contribution in [3.8, 4) is 5.75 Å². The van der Waals surface area contributed by atoms with Crippen LogP contribution in [0.4, 0.5) is 17.6 Å². The first kappa shape index (κ1) is 10.8. The minimum Gasteiger partial charge on any atom is -0.505 e. The van der Waals surface area contributed by atoms with Crippen LogP contribution in [0.15, 0.2) is 6.07 Å². The van der Waals surface area contributed by atoms with Gasteiger partial charge in [-0.25, -0.2) is 4.39 Å². The Hall–Kier alpha value is -1.26. The summed E-state index contributed by atoms with van der Waals surface area (Å²) in [7, 11) is 0. The normalized spacial score (nSPS) is 11.9. The molecule has 0 aliphatic heterocycles. The number of benzene rings is 1. The number of hydrogen-bond donors (Lipinski definition) is 1. The SMILES string of the molecule is Cc1cc(O)c(F)c(C)c1C(F)(F)F. The summed E-state index contributed by atoms with van der Waals surface area (Å²) in [6.07, 6.45) is -4.59. The Balaban J connectivity index is 3.53. The van der Waals surface area contributed by atoms with Crippen LogP contribution in [0, 0.1) is 19.7 Å². The molecule has 0 unspecified atom stereocenters. The molecule has 0 fully saturated rings. The van der Waals surface area contributed by atoms with Gasteiger partial charge in [0.15, 0.2) is 11.6 Å². The van der Waals surface area contributed by atoms with Gasteiger partial charge in [0, 0.05) is 5.56 Å². The summed E-state index contributed by atoms with van der Waals surface area (Å²) >= 11 is 0. The maximum Gasteiger partial charge on any atom is 0.417 e. The molecule has 0 heterocycles. The fourth-order valence-electron chi connectivity index (χ4n) is 1.37. The molecule has 5 heteroatoms. The summed E-state index contributed by atoms with van der Waals surface area (Å²) in [6, 6.07) is 0.769. The lowest BCUT2D eigenvalue weighted by atomic mass is 10.0. The van der Waals surface area contributed by atoms with Gasteiger partial charge in [0.05, 0.1) is 5.56 Å². The Bertz CT molecular complexity index is 368. The van der Waals surface area contributed by atoms with Gasteiger partial charge >= 0.3 is 6.18 Å². The second-order valence-electron chi connectivity index (χ2n) is 3.02. The molecule has 1 N–H and O–H groups in total. The van der Waals surface area contributed by atoms with Crippen LogP contribution in [0.2, 0.25) is 0 Å². The van der Waals surface area contributed by atoms with Crippen molar-refractivity contribution in [2.24, 2.45) is 0 Å². The van der Waals surface area contributed by atoms with Crippen LogP contribution >= 0.6 is 0 Å². The van der Waals surface area contributed by atoms with Crippen molar-refractivity contribution in [3.05, 3.63) is 28.6 Å². The first-order valence-corrected chi connectivity index (χ1v) is 3.81. The summed E-state index contributed by atoms with van der Waals surface area (Å²) in [5.41, 5.74) is -1.78. The Morgan fingerprint density at radius 2 is 1.71 bits per heavy atom. The van der Waals surface area contributed by atoms with Gasteiger partial charge < -0.3 is 5.11 Å². The molecule has 14 heavy (non-hydrogen) atoms. The highest BCUT2D eigenvalue weighted by atomic mass is 19.4. The van der Waals surface area contributed by atoms with Gasteiger partial charge in [0.25, 0.3) is 0 Å². The summed E-state index contributed by atoms with van der Waals surface area (Å²) in [5, 5.41) is 8.93. The van der Waals surface area contributed by atoms with Gasteiger partial charge in [-0.3, -0.25) is 0 Å². The van der Waals surface area contributed by atoms with Crippen LogP contribution in [-0.2, 0) is 6.18 Å². The standard InChI is InChI=1S/C9H8F4O/c1-4-3-6(14)8(10)5(2)7(4)9(11,12)13/h3,14H,1-2H3. The highest BCUT2D eigenvalue weighted by Gasteiger charge is 2.35. The summed E-state index contributed by atoms with van der Waals surface area (Å²) in [5.74, 6) is -1.98. The predicted octanol–water partition coefficient (Wildman–Crippen LogP) is 3.17. The largest absolute Gasteiger partial charge is 0.505 e. The number of alkyl halides is 3. The van der Waals surface area contributed by atoms with E-state index in [1.54, 1.807) is 0 Å².